The van der Waals surface area contributed by atoms with E-state index in [0.717, 1.165) is 0 Å². The molecule has 176 valence electrons. The number of hydrogen-bond acceptors (Lipinski definition) is 6. The zero-order chi connectivity index (χ0) is 24.5. The molecule has 1 atom stereocenters. The molecule has 10 heteroatoms. The number of anilines is 1. The van der Waals surface area contributed by atoms with Crippen LogP contribution < -0.4 is 10.2 Å². The molecule has 2 aliphatic rings. The van der Waals surface area contributed by atoms with Crippen molar-refractivity contribution in [3.05, 3.63) is 70.4 Å². The Morgan fingerprint density at radius 2 is 2.00 bits per heavy atom. The van der Waals surface area contributed by atoms with Crippen LogP contribution in [0.4, 0.5) is 14.9 Å². The van der Waals surface area contributed by atoms with Gasteiger partial charge in [-0.1, -0.05) is 18.2 Å². The molecule has 8 nitrogen and oxygen atoms in total. The van der Waals surface area contributed by atoms with Crippen LogP contribution >= 0.6 is 0 Å². The maximum absolute atomic E-state index is 13.2. The molecule has 4 rings (SSSR count). The molecule has 1 unspecified atom stereocenters. The van der Waals surface area contributed by atoms with Gasteiger partial charge in [-0.25, -0.2) is 17.6 Å². The summed E-state index contributed by atoms with van der Waals surface area (Å²) in [5.74, 6) is -0.537. The van der Waals surface area contributed by atoms with Crippen LogP contribution in [0.25, 0.3) is 0 Å². The van der Waals surface area contributed by atoms with Gasteiger partial charge >= 0.3 is 6.03 Å². The number of benzene rings is 2. The average Bonchev–Trinajstić information content (AvgIpc) is 3.23. The van der Waals surface area contributed by atoms with Crippen LogP contribution in [0.5, 0.6) is 0 Å². The molecule has 34 heavy (non-hydrogen) atoms. The minimum atomic E-state index is -3.89. The Labute approximate surface area is 196 Å². The molecule has 1 aliphatic heterocycles. The number of allylic oxidation sites excluding steroid dienone is 1. The van der Waals surface area contributed by atoms with Crippen LogP contribution in [0.15, 0.2) is 58.6 Å². The summed E-state index contributed by atoms with van der Waals surface area (Å²) in [6.07, 6.45) is 0.456. The first-order chi connectivity index (χ1) is 16.3. The number of urea groups is 1. The monoisotopic (exact) mass is 483 g/mol. The number of Topliss-reactive ketones (excluding diaryl/α,β-unsaturated/α-hetero) is 1. The second-order valence-corrected chi connectivity index (χ2v) is 10.1. The molecule has 1 N–H and O–H groups in total. The van der Waals surface area contributed by atoms with Gasteiger partial charge in [0.25, 0.3) is 0 Å². The van der Waals surface area contributed by atoms with Gasteiger partial charge in [0.05, 0.1) is 40.6 Å². The number of rotatable bonds is 7. The van der Waals surface area contributed by atoms with E-state index in [-0.39, 0.29) is 46.2 Å². The van der Waals surface area contributed by atoms with Gasteiger partial charge in [-0.15, -0.1) is 0 Å². The molecule has 2 aromatic carbocycles. The van der Waals surface area contributed by atoms with E-state index >= 15 is 0 Å². The van der Waals surface area contributed by atoms with Crippen molar-refractivity contribution in [3.63, 3.8) is 0 Å². The SMILES string of the molecule is COCCS(=O)(=O)c1cc(C#N)ccc1C1NC(=O)N(c2cccc(CF)c2)C2=C1C(=O)CC2. The molecule has 0 aromatic heterocycles. The van der Waals surface area contributed by atoms with Crippen molar-refractivity contribution in [1.82, 2.24) is 5.32 Å². The Bertz CT molecular complexity index is 1350. The van der Waals surface area contributed by atoms with Crippen LogP contribution in [-0.2, 0) is 26.0 Å². The normalized spacial score (nSPS) is 18.0. The summed E-state index contributed by atoms with van der Waals surface area (Å²) in [7, 11) is -2.51. The largest absolute Gasteiger partial charge is 0.384 e. The number of nitrogens with one attached hydrogen (secondary N) is 1. The summed E-state index contributed by atoms with van der Waals surface area (Å²) < 4.78 is 44.3. The van der Waals surface area contributed by atoms with Crippen LogP contribution in [0.1, 0.15) is 35.6 Å². The number of ether oxygens (including phenoxy) is 1. The maximum Gasteiger partial charge on any atom is 0.327 e. The van der Waals surface area contributed by atoms with Crippen molar-refractivity contribution in [2.24, 2.45) is 0 Å². The third kappa shape index (κ3) is 4.20. The molecule has 0 fully saturated rings. The number of methoxy groups -OCH3 is 1. The first-order valence-corrected chi connectivity index (χ1v) is 12.2. The fourth-order valence-electron chi connectivity index (χ4n) is 4.30. The Morgan fingerprint density at radius 3 is 2.71 bits per heavy atom. The van der Waals surface area contributed by atoms with Crippen molar-refractivity contribution < 1.29 is 27.1 Å². The Kier molecular flexibility index (Phi) is 6.50. The molecule has 2 amide bonds. The zero-order valence-corrected chi connectivity index (χ0v) is 19.2. The lowest BCUT2D eigenvalue weighted by Crippen LogP contribution is -2.47. The molecule has 0 spiro atoms. The summed E-state index contributed by atoms with van der Waals surface area (Å²) in [5, 5.41) is 12.1. The predicted molar refractivity (Wildman–Crippen MR) is 121 cm³/mol. The van der Waals surface area contributed by atoms with Gasteiger partial charge in [-0.05, 0) is 41.8 Å². The number of amides is 2. The first-order valence-electron chi connectivity index (χ1n) is 10.6. The Morgan fingerprint density at radius 1 is 1.21 bits per heavy atom. The highest BCUT2D eigenvalue weighted by Crippen LogP contribution is 2.42. The number of carbonyl (C=O) groups excluding carboxylic acids is 2. The van der Waals surface area contributed by atoms with Crippen LogP contribution in [0.2, 0.25) is 0 Å². The lowest BCUT2D eigenvalue weighted by molar-refractivity contribution is -0.115. The minimum absolute atomic E-state index is 0.0544. The molecule has 0 saturated carbocycles. The van der Waals surface area contributed by atoms with Crippen molar-refractivity contribution in [2.45, 2.75) is 30.5 Å². The number of nitrogens with zero attached hydrogens (tertiary/aromatic N) is 2. The summed E-state index contributed by atoms with van der Waals surface area (Å²) in [5.41, 5.74) is 1.90. The zero-order valence-electron chi connectivity index (χ0n) is 18.4. The number of alkyl halides is 1. The van der Waals surface area contributed by atoms with Crippen molar-refractivity contribution in [1.29, 1.82) is 5.26 Å². The van der Waals surface area contributed by atoms with Gasteiger partial charge in [0.1, 0.15) is 6.67 Å². The molecular formula is C24H22FN3O5S. The van der Waals surface area contributed by atoms with Gasteiger partial charge < -0.3 is 10.1 Å². The highest BCUT2D eigenvalue weighted by Gasteiger charge is 2.42. The molecule has 0 radical (unpaired) electrons. The quantitative estimate of drug-likeness (QED) is 0.646. The van der Waals surface area contributed by atoms with Gasteiger partial charge in [-0.2, -0.15) is 5.26 Å². The summed E-state index contributed by atoms with van der Waals surface area (Å²) in [6.45, 7) is -0.758. The second-order valence-electron chi connectivity index (χ2n) is 7.98. The van der Waals surface area contributed by atoms with E-state index in [1.807, 2.05) is 6.07 Å². The first kappa shape index (κ1) is 23.6. The van der Waals surface area contributed by atoms with E-state index in [1.54, 1.807) is 18.2 Å². The van der Waals surface area contributed by atoms with E-state index in [4.69, 9.17) is 4.74 Å². The van der Waals surface area contributed by atoms with Crippen LogP contribution in [-0.4, -0.2) is 39.7 Å². The average molecular weight is 484 g/mol. The van der Waals surface area contributed by atoms with E-state index in [9.17, 15) is 27.7 Å². The van der Waals surface area contributed by atoms with E-state index < -0.39 is 28.6 Å². The van der Waals surface area contributed by atoms with Crippen molar-refractivity contribution in [3.8, 4) is 6.07 Å². The molecule has 1 heterocycles. The third-order valence-electron chi connectivity index (χ3n) is 5.90. The number of nitriles is 1. The molecular weight excluding hydrogens is 461 g/mol. The number of hydrogen-bond donors (Lipinski definition) is 1. The van der Waals surface area contributed by atoms with Crippen molar-refractivity contribution in [2.75, 3.05) is 24.4 Å². The summed E-state index contributed by atoms with van der Waals surface area (Å²) in [4.78, 5) is 27.4. The fourth-order valence-corrected chi connectivity index (χ4v) is 5.76. The molecule has 1 aliphatic carbocycles. The number of halogens is 1. The molecule has 2 aromatic rings. The molecule has 0 saturated heterocycles. The summed E-state index contributed by atoms with van der Waals surface area (Å²) in [6, 6.07) is 10.9. The number of ketones is 1. The van der Waals surface area contributed by atoms with Crippen molar-refractivity contribution >= 4 is 27.3 Å². The second kappa shape index (κ2) is 9.37. The lowest BCUT2D eigenvalue weighted by atomic mass is 9.94. The number of carbonyl (C=O) groups is 2. The fraction of sp³-hybridized carbons (Fsp3) is 0.292. The van der Waals surface area contributed by atoms with Gasteiger partial charge in [0, 0.05) is 24.8 Å². The maximum atomic E-state index is 13.2. The van der Waals surface area contributed by atoms with E-state index in [0.29, 0.717) is 23.4 Å². The summed E-state index contributed by atoms with van der Waals surface area (Å²) >= 11 is 0. The van der Waals surface area contributed by atoms with Crippen LogP contribution in [0.3, 0.4) is 0 Å². The number of sulfone groups is 1. The smallest absolute Gasteiger partial charge is 0.327 e. The van der Waals surface area contributed by atoms with E-state index in [1.165, 1.54) is 36.3 Å². The van der Waals surface area contributed by atoms with Gasteiger partial charge in [0.2, 0.25) is 0 Å². The minimum Gasteiger partial charge on any atom is -0.384 e. The third-order valence-corrected chi connectivity index (χ3v) is 7.63. The standard InChI is InChI=1S/C24H22FN3O5S/c1-33-9-10-34(31,32)21-12-16(14-26)5-6-18(21)23-22-19(7-8-20(22)29)28(24(30)27-23)17-4-2-3-15(11-17)13-25/h2-6,11-12,23H,7-10,13H2,1H3,(H,27,30). The lowest BCUT2D eigenvalue weighted by Gasteiger charge is -2.35. The highest BCUT2D eigenvalue weighted by molar-refractivity contribution is 7.91. The topological polar surface area (TPSA) is 117 Å². The Balaban J connectivity index is 1.87. The predicted octanol–water partition coefficient (Wildman–Crippen LogP) is 3.34. The molecule has 0 bridgehead atoms. The Hall–Kier alpha value is -3.55. The van der Waals surface area contributed by atoms with Gasteiger partial charge in [-0.3, -0.25) is 9.69 Å². The van der Waals surface area contributed by atoms with Crippen LogP contribution in [0, 0.1) is 11.3 Å². The van der Waals surface area contributed by atoms with Gasteiger partial charge in [0.15, 0.2) is 15.6 Å². The van der Waals surface area contributed by atoms with E-state index in [2.05, 4.69) is 5.32 Å². The highest BCUT2D eigenvalue weighted by atomic mass is 32.2.